The molecular weight excluding hydrogens is 176 g/mol. The van der Waals surface area contributed by atoms with E-state index in [1.165, 1.54) is 0 Å². The summed E-state index contributed by atoms with van der Waals surface area (Å²) in [4.78, 5) is 0. The van der Waals surface area contributed by atoms with E-state index >= 15 is 0 Å². The predicted molar refractivity (Wildman–Crippen MR) is 60.2 cm³/mol. The van der Waals surface area contributed by atoms with Crippen LogP contribution in [0, 0.1) is 5.92 Å². The van der Waals surface area contributed by atoms with E-state index in [0.717, 1.165) is 12.8 Å². The highest BCUT2D eigenvalue weighted by molar-refractivity contribution is 4.92. The number of hydrogen-bond donors (Lipinski definition) is 2. The minimum Gasteiger partial charge on any atom is -0.387 e. The molecule has 0 aromatic carbocycles. The molecule has 2 nitrogen and oxygen atoms in total. The average molecular weight is 202 g/mol. The average Bonchev–Trinajstić information content (AvgIpc) is 2.03. The maximum absolute atomic E-state index is 10.1. The molecule has 0 aromatic rings. The van der Waals surface area contributed by atoms with Crippen LogP contribution < -0.4 is 0 Å². The summed E-state index contributed by atoms with van der Waals surface area (Å²) >= 11 is 0. The predicted octanol–water partition coefficient (Wildman–Crippen LogP) is 2.72. The van der Waals surface area contributed by atoms with Crippen molar-refractivity contribution in [3.8, 4) is 0 Å². The molecule has 2 N–H and O–H groups in total. The fraction of sp³-hybridized carbons (Fsp3) is 1.00. The van der Waals surface area contributed by atoms with E-state index < -0.39 is 11.2 Å². The Morgan fingerprint density at radius 2 is 1.57 bits per heavy atom. The molecule has 0 aliphatic carbocycles. The van der Waals surface area contributed by atoms with Gasteiger partial charge in [0.15, 0.2) is 0 Å². The fourth-order valence-corrected chi connectivity index (χ4v) is 1.50. The van der Waals surface area contributed by atoms with Crippen molar-refractivity contribution in [3.05, 3.63) is 0 Å². The van der Waals surface area contributed by atoms with Crippen LogP contribution in [0.15, 0.2) is 0 Å². The molecule has 0 aromatic heterocycles. The molecule has 0 amide bonds. The Balaban J connectivity index is 4.07. The number of hydrogen-bond acceptors (Lipinski definition) is 2. The summed E-state index contributed by atoms with van der Waals surface area (Å²) in [5, 5.41) is 20.1. The van der Waals surface area contributed by atoms with Crippen LogP contribution in [-0.2, 0) is 0 Å². The third kappa shape index (κ3) is 3.97. The molecule has 0 heterocycles. The first-order chi connectivity index (χ1) is 6.23. The Morgan fingerprint density at radius 1 is 1.07 bits per heavy atom. The van der Waals surface area contributed by atoms with Crippen LogP contribution in [0.2, 0.25) is 0 Å². The number of aliphatic hydroxyl groups is 2. The van der Waals surface area contributed by atoms with E-state index in [-0.39, 0.29) is 0 Å². The lowest BCUT2D eigenvalue weighted by molar-refractivity contribution is -0.137. The molecular formula is C12H26O2. The quantitative estimate of drug-likeness (QED) is 0.695. The van der Waals surface area contributed by atoms with Gasteiger partial charge in [-0.15, -0.1) is 0 Å². The van der Waals surface area contributed by atoms with Crippen molar-refractivity contribution >= 4 is 0 Å². The molecule has 0 bridgehead atoms. The largest absolute Gasteiger partial charge is 0.387 e. The second-order valence-electron chi connectivity index (χ2n) is 5.19. The Bertz CT molecular complexity index is 160. The van der Waals surface area contributed by atoms with Crippen molar-refractivity contribution in [2.75, 3.05) is 0 Å². The lowest BCUT2D eigenvalue weighted by Gasteiger charge is -2.38. The lowest BCUT2D eigenvalue weighted by atomic mass is 9.80. The molecule has 86 valence electrons. The van der Waals surface area contributed by atoms with Crippen molar-refractivity contribution in [1.82, 2.24) is 0 Å². The van der Waals surface area contributed by atoms with E-state index in [1.54, 1.807) is 13.8 Å². The van der Waals surface area contributed by atoms with Crippen molar-refractivity contribution < 1.29 is 10.2 Å². The van der Waals surface area contributed by atoms with E-state index in [0.29, 0.717) is 18.8 Å². The first-order valence-electron chi connectivity index (χ1n) is 5.67. The normalized spacial score (nSPS) is 20.6. The van der Waals surface area contributed by atoms with Gasteiger partial charge >= 0.3 is 0 Å². The summed E-state index contributed by atoms with van der Waals surface area (Å²) in [6.07, 6.45) is 3.34. The molecule has 0 aliphatic rings. The second-order valence-corrected chi connectivity index (χ2v) is 5.19. The zero-order valence-electron chi connectivity index (χ0n) is 10.3. The van der Waals surface area contributed by atoms with Gasteiger partial charge in [0.05, 0.1) is 11.2 Å². The smallest absolute Gasteiger partial charge is 0.0902 e. The molecule has 0 radical (unpaired) electrons. The van der Waals surface area contributed by atoms with Crippen LogP contribution in [0.1, 0.15) is 60.3 Å². The zero-order chi connectivity index (χ0) is 11.4. The molecule has 0 saturated carbocycles. The van der Waals surface area contributed by atoms with Gasteiger partial charge in [0.25, 0.3) is 0 Å². The minimum atomic E-state index is -0.968. The third-order valence-electron chi connectivity index (χ3n) is 3.29. The van der Waals surface area contributed by atoms with Gasteiger partial charge in [0.1, 0.15) is 0 Å². The monoisotopic (exact) mass is 202 g/mol. The van der Waals surface area contributed by atoms with E-state index in [4.69, 9.17) is 0 Å². The first kappa shape index (κ1) is 13.9. The highest BCUT2D eigenvalue weighted by atomic mass is 16.4. The Labute approximate surface area is 88.3 Å². The first-order valence-corrected chi connectivity index (χ1v) is 5.67. The molecule has 2 unspecified atom stereocenters. The van der Waals surface area contributed by atoms with E-state index in [9.17, 15) is 10.2 Å². The van der Waals surface area contributed by atoms with E-state index in [2.05, 4.69) is 13.8 Å². The molecule has 0 rings (SSSR count). The van der Waals surface area contributed by atoms with Crippen LogP contribution in [0.25, 0.3) is 0 Å². The van der Waals surface area contributed by atoms with Crippen LogP contribution in [0.4, 0.5) is 0 Å². The number of rotatable bonds is 6. The third-order valence-corrected chi connectivity index (χ3v) is 3.29. The molecule has 14 heavy (non-hydrogen) atoms. The van der Waals surface area contributed by atoms with Gasteiger partial charge in [-0.3, -0.25) is 0 Å². The van der Waals surface area contributed by atoms with Crippen molar-refractivity contribution in [1.29, 1.82) is 0 Å². The molecule has 2 heteroatoms. The van der Waals surface area contributed by atoms with Gasteiger partial charge in [0.2, 0.25) is 0 Å². The van der Waals surface area contributed by atoms with Gasteiger partial charge in [0, 0.05) is 0 Å². The van der Waals surface area contributed by atoms with Crippen LogP contribution in [0.3, 0.4) is 0 Å². The van der Waals surface area contributed by atoms with Gasteiger partial charge in [-0.2, -0.15) is 0 Å². The van der Waals surface area contributed by atoms with Gasteiger partial charge < -0.3 is 10.2 Å². The summed E-state index contributed by atoms with van der Waals surface area (Å²) in [5.41, 5.74) is -1.93. The fourth-order valence-electron chi connectivity index (χ4n) is 1.50. The lowest BCUT2D eigenvalue weighted by Crippen LogP contribution is -2.49. The topological polar surface area (TPSA) is 40.5 Å². The zero-order valence-corrected chi connectivity index (χ0v) is 10.3. The molecule has 0 saturated heterocycles. The maximum atomic E-state index is 10.1. The van der Waals surface area contributed by atoms with Crippen LogP contribution >= 0.6 is 0 Å². The summed E-state index contributed by atoms with van der Waals surface area (Å²) in [5.74, 6) is 0.664. The van der Waals surface area contributed by atoms with Crippen molar-refractivity contribution in [3.63, 3.8) is 0 Å². The summed E-state index contributed by atoms with van der Waals surface area (Å²) in [7, 11) is 0. The Hall–Kier alpha value is -0.0800. The molecule has 2 atom stereocenters. The summed E-state index contributed by atoms with van der Waals surface area (Å²) in [6, 6.07) is 0. The maximum Gasteiger partial charge on any atom is 0.0902 e. The standard InChI is InChI=1S/C12H26O2/c1-6-11(4,13)12(5,14)9-7-8-10(2)3/h10,13-14H,6-9H2,1-5H3. The van der Waals surface area contributed by atoms with Crippen molar-refractivity contribution in [2.24, 2.45) is 5.92 Å². The minimum absolute atomic E-state index is 0.585. The Kier molecular flexibility index (Phi) is 5.10. The summed E-state index contributed by atoms with van der Waals surface area (Å²) < 4.78 is 0. The van der Waals surface area contributed by atoms with Crippen LogP contribution in [-0.4, -0.2) is 21.4 Å². The Morgan fingerprint density at radius 3 is 1.93 bits per heavy atom. The van der Waals surface area contributed by atoms with Gasteiger partial charge in [-0.1, -0.05) is 33.6 Å². The SMILES string of the molecule is CCC(C)(O)C(C)(O)CCCC(C)C. The highest BCUT2D eigenvalue weighted by Gasteiger charge is 2.39. The van der Waals surface area contributed by atoms with E-state index in [1.807, 2.05) is 6.92 Å². The summed E-state index contributed by atoms with van der Waals surface area (Å²) in [6.45, 7) is 9.69. The van der Waals surface area contributed by atoms with Crippen LogP contribution in [0.5, 0.6) is 0 Å². The van der Waals surface area contributed by atoms with Gasteiger partial charge in [-0.05, 0) is 32.6 Å². The molecule has 0 fully saturated rings. The molecule has 0 aliphatic heterocycles. The highest BCUT2D eigenvalue weighted by Crippen LogP contribution is 2.30. The second kappa shape index (κ2) is 5.13. The van der Waals surface area contributed by atoms with Crippen molar-refractivity contribution in [2.45, 2.75) is 71.5 Å². The van der Waals surface area contributed by atoms with Gasteiger partial charge in [-0.25, -0.2) is 0 Å². The molecule has 0 spiro atoms.